The maximum Gasteiger partial charge on any atom is 0.304 e. The molecule has 3 aliphatic rings. The lowest BCUT2D eigenvalue weighted by Gasteiger charge is -2.53. The highest BCUT2D eigenvalue weighted by Gasteiger charge is 2.48. The molecule has 3 fully saturated rings. The number of nitrogens with one attached hydrogen (secondary N) is 1. The van der Waals surface area contributed by atoms with E-state index in [1.807, 2.05) is 12.1 Å². The van der Waals surface area contributed by atoms with Crippen LogP contribution in [0.1, 0.15) is 46.3 Å². The number of carbonyl (C=O) groups excluding carboxylic acids is 2. The summed E-state index contributed by atoms with van der Waals surface area (Å²) in [4.78, 5) is 26.1. The minimum atomic E-state index is -2.13. The number of benzene rings is 3. The van der Waals surface area contributed by atoms with Crippen molar-refractivity contribution in [3.05, 3.63) is 107 Å². The zero-order valence-corrected chi connectivity index (χ0v) is 21.9. The van der Waals surface area contributed by atoms with E-state index in [9.17, 15) is 14.7 Å². The fourth-order valence-electron chi connectivity index (χ4n) is 6.05. The zero-order chi connectivity index (χ0) is 27.3. The summed E-state index contributed by atoms with van der Waals surface area (Å²) in [7, 11) is 0. The number of rotatable bonds is 9. The Bertz CT molecular complexity index is 1290. The first kappa shape index (κ1) is 26.6. The number of hydrogen-bond donors (Lipinski definition) is 1. The summed E-state index contributed by atoms with van der Waals surface area (Å²) in [5, 5.41) is 26.2. The van der Waals surface area contributed by atoms with E-state index >= 15 is 0 Å². The van der Waals surface area contributed by atoms with Crippen LogP contribution in [0.15, 0.2) is 84.9 Å². The first-order chi connectivity index (χ1) is 18.9. The molecule has 1 unspecified atom stereocenters. The van der Waals surface area contributed by atoms with Crippen LogP contribution < -0.4 is 10.4 Å². The van der Waals surface area contributed by atoms with Gasteiger partial charge in [-0.3, -0.25) is 9.59 Å². The van der Waals surface area contributed by atoms with Crippen molar-refractivity contribution in [3.63, 3.8) is 0 Å². The standard InChI is InChI=1S/C32H33N3O4/c33-22-24-12-14-26(15-13-24)30(36)34-18-7-19-35-20-16-25(17-21-35)29(23-35)39-31(37)32(38,27-8-3-1-4-9-27)28-10-5-2-6-11-28/h1-6,8-15,25,29H,7,16-21,23H2,(H,34,36). The molecule has 6 rings (SSSR count). The molecule has 7 heteroatoms. The molecule has 0 aromatic heterocycles. The molecule has 2 bridgehead atoms. The van der Waals surface area contributed by atoms with Gasteiger partial charge < -0.3 is 19.6 Å². The van der Waals surface area contributed by atoms with Gasteiger partial charge in [-0.15, -0.1) is 0 Å². The lowest BCUT2D eigenvalue weighted by atomic mass is 9.82. The van der Waals surface area contributed by atoms with Gasteiger partial charge in [-0.2, -0.15) is 5.26 Å². The molecule has 3 aliphatic heterocycles. The van der Waals surface area contributed by atoms with Gasteiger partial charge in [0.15, 0.2) is 6.10 Å². The van der Waals surface area contributed by atoms with Crippen LogP contribution in [0.2, 0.25) is 0 Å². The van der Waals surface area contributed by atoms with Crippen LogP contribution in [0.5, 0.6) is 0 Å². The average molecular weight is 524 g/mol. The van der Waals surface area contributed by atoms with Crippen LogP contribution in [-0.4, -0.2) is 55.2 Å². The van der Waals surface area contributed by atoms with Gasteiger partial charge in [0.05, 0.1) is 31.3 Å². The van der Waals surface area contributed by atoms with Gasteiger partial charge in [0.2, 0.25) is 0 Å². The minimum absolute atomic E-state index is 0.155. The number of quaternary nitrogens is 1. The fourth-order valence-corrected chi connectivity index (χ4v) is 6.05. The smallest absolute Gasteiger partial charge is 0.304 e. The van der Waals surface area contributed by atoms with E-state index < -0.39 is 11.6 Å². The second-order valence-electron chi connectivity index (χ2n) is 10.7. The summed E-state index contributed by atoms with van der Waals surface area (Å²) in [5.41, 5.74) is -0.318. The number of fused-ring (bicyclic) bond motifs is 3. The molecule has 0 radical (unpaired) electrons. The number of piperidine rings is 3. The Kier molecular flexibility index (Phi) is 7.78. The molecule has 0 spiro atoms. The van der Waals surface area contributed by atoms with Crippen LogP contribution in [0.4, 0.5) is 0 Å². The number of carbonyl (C=O) groups is 2. The summed E-state index contributed by atoms with van der Waals surface area (Å²) in [6.45, 7) is 4.14. The van der Waals surface area contributed by atoms with Crippen molar-refractivity contribution in [1.29, 1.82) is 5.26 Å². The van der Waals surface area contributed by atoms with Crippen molar-refractivity contribution < 1.29 is 23.9 Å². The molecular formula is C32H33N3O4. The topological polar surface area (TPSA) is 102 Å². The Hall–Kier alpha value is -3.99. The average Bonchev–Trinajstić information content (AvgIpc) is 3.00. The lowest BCUT2D eigenvalue weighted by Crippen LogP contribution is -2.65. The van der Waals surface area contributed by atoms with Crippen molar-refractivity contribution >= 4 is 11.9 Å². The predicted molar refractivity (Wildman–Crippen MR) is 144 cm³/mol. The predicted octanol–water partition coefficient (Wildman–Crippen LogP) is 3.13. The van der Waals surface area contributed by atoms with Crippen LogP contribution >= 0.6 is 0 Å². The largest absolute Gasteiger partial charge is 0.834 e. The summed E-state index contributed by atoms with van der Waals surface area (Å²) in [6.07, 6.45) is 2.41. The maximum atomic E-state index is 14.3. The molecule has 1 amide bonds. The van der Waals surface area contributed by atoms with E-state index in [0.717, 1.165) is 43.4 Å². The van der Waals surface area contributed by atoms with Gasteiger partial charge in [-0.05, 0) is 35.4 Å². The molecule has 3 heterocycles. The van der Waals surface area contributed by atoms with Crippen LogP contribution in [0.3, 0.4) is 0 Å². The number of ether oxygens (including phenoxy) is 1. The SMILES string of the molecule is N#Cc1ccc(C(=O)NCCC[N+]23CCC(CC2)C(OC(=O)C([O-])(c2ccccc2)c2ccccc2)C3)cc1. The number of nitriles is 1. The molecule has 3 aromatic rings. The third-order valence-corrected chi connectivity index (χ3v) is 8.32. The monoisotopic (exact) mass is 523 g/mol. The molecular weight excluding hydrogens is 490 g/mol. The molecule has 3 saturated heterocycles. The second kappa shape index (κ2) is 11.4. The third-order valence-electron chi connectivity index (χ3n) is 8.32. The Morgan fingerprint density at radius 3 is 2.10 bits per heavy atom. The minimum Gasteiger partial charge on any atom is -0.834 e. The van der Waals surface area contributed by atoms with Crippen LogP contribution in [-0.2, 0) is 15.1 Å². The highest BCUT2D eigenvalue weighted by Crippen LogP contribution is 2.37. The maximum absolute atomic E-state index is 14.3. The Morgan fingerprint density at radius 1 is 0.949 bits per heavy atom. The molecule has 200 valence electrons. The molecule has 7 nitrogen and oxygen atoms in total. The van der Waals surface area contributed by atoms with Crippen molar-refractivity contribution in [2.45, 2.75) is 31.0 Å². The van der Waals surface area contributed by atoms with Crippen molar-refractivity contribution in [2.75, 3.05) is 32.7 Å². The van der Waals surface area contributed by atoms with E-state index in [1.165, 1.54) is 0 Å². The molecule has 3 aromatic carbocycles. The van der Waals surface area contributed by atoms with Gasteiger partial charge >= 0.3 is 5.97 Å². The first-order valence-corrected chi connectivity index (χ1v) is 13.6. The highest BCUT2D eigenvalue weighted by molar-refractivity contribution is 5.94. The summed E-state index contributed by atoms with van der Waals surface area (Å²) >= 11 is 0. The Balaban J connectivity index is 1.21. The number of amides is 1. The van der Waals surface area contributed by atoms with Crippen molar-refractivity contribution in [1.82, 2.24) is 5.32 Å². The number of hydrogen-bond acceptors (Lipinski definition) is 5. The van der Waals surface area contributed by atoms with E-state index in [2.05, 4.69) is 11.4 Å². The summed E-state index contributed by atoms with van der Waals surface area (Å²) in [5.74, 6) is -0.635. The molecule has 1 N–H and O–H groups in total. The van der Waals surface area contributed by atoms with Crippen LogP contribution in [0, 0.1) is 17.2 Å². The van der Waals surface area contributed by atoms with Crippen molar-refractivity contribution in [3.8, 4) is 6.07 Å². The third kappa shape index (κ3) is 5.58. The fraction of sp³-hybridized carbons (Fsp3) is 0.344. The van der Waals surface area contributed by atoms with Gasteiger partial charge in [0.25, 0.3) is 5.91 Å². The summed E-state index contributed by atoms with van der Waals surface area (Å²) < 4.78 is 6.92. The lowest BCUT2D eigenvalue weighted by molar-refractivity contribution is -0.946. The summed E-state index contributed by atoms with van der Waals surface area (Å²) in [6, 6.07) is 26.2. The molecule has 0 saturated carbocycles. The quantitative estimate of drug-likeness (QED) is 0.264. The number of esters is 1. The van der Waals surface area contributed by atoms with Gasteiger partial charge in [0.1, 0.15) is 6.54 Å². The van der Waals surface area contributed by atoms with Crippen molar-refractivity contribution in [2.24, 2.45) is 5.92 Å². The normalized spacial score (nSPS) is 22.1. The highest BCUT2D eigenvalue weighted by atomic mass is 16.6. The van der Waals surface area contributed by atoms with Gasteiger partial charge in [0, 0.05) is 42.9 Å². The molecule has 1 atom stereocenters. The van der Waals surface area contributed by atoms with Gasteiger partial charge in [-0.1, -0.05) is 60.7 Å². The van der Waals surface area contributed by atoms with E-state index in [4.69, 9.17) is 10.00 Å². The first-order valence-electron chi connectivity index (χ1n) is 13.6. The second-order valence-corrected chi connectivity index (χ2v) is 10.7. The van der Waals surface area contributed by atoms with E-state index in [1.54, 1.807) is 72.8 Å². The van der Waals surface area contributed by atoms with E-state index in [0.29, 0.717) is 35.3 Å². The van der Waals surface area contributed by atoms with Crippen LogP contribution in [0.25, 0.3) is 0 Å². The molecule has 0 aliphatic carbocycles. The van der Waals surface area contributed by atoms with E-state index in [-0.39, 0.29) is 17.9 Å². The van der Waals surface area contributed by atoms with Gasteiger partial charge in [-0.25, -0.2) is 0 Å². The zero-order valence-electron chi connectivity index (χ0n) is 21.9. The molecule has 39 heavy (non-hydrogen) atoms. The number of nitrogens with zero attached hydrogens (tertiary/aromatic N) is 2. The Labute approximate surface area is 229 Å². The Morgan fingerprint density at radius 2 is 1.54 bits per heavy atom.